The molecule has 128 valence electrons. The summed E-state index contributed by atoms with van der Waals surface area (Å²) in [5.74, 6) is -1.45. The fourth-order valence-corrected chi connectivity index (χ4v) is 4.67. The Morgan fingerprint density at radius 3 is 2.62 bits per heavy atom. The van der Waals surface area contributed by atoms with Crippen molar-refractivity contribution in [3.8, 4) is 0 Å². The lowest BCUT2D eigenvalue weighted by Crippen LogP contribution is -2.70. The first kappa shape index (κ1) is 17.0. The molecule has 1 saturated heterocycles. The van der Waals surface area contributed by atoms with Crippen LogP contribution >= 0.6 is 27.7 Å². The Hall–Kier alpha value is -1.81. The Kier molecular flexibility index (Phi) is 4.20. The zero-order valence-corrected chi connectivity index (χ0v) is 15.6. The van der Waals surface area contributed by atoms with Gasteiger partial charge in [-0.25, -0.2) is 4.79 Å². The first-order valence-corrected chi connectivity index (χ1v) is 8.96. The maximum Gasteiger partial charge on any atom is 0.352 e. The molecule has 0 radical (unpaired) electrons. The van der Waals surface area contributed by atoms with Crippen molar-refractivity contribution in [1.29, 1.82) is 0 Å². The van der Waals surface area contributed by atoms with E-state index in [2.05, 4.69) is 26.3 Å². The predicted octanol–water partition coefficient (Wildman–Crippen LogP) is 0.863. The Balaban J connectivity index is 1.81. The Labute approximate surface area is 150 Å². The molecule has 2 amide bonds. The number of carbonyl (C=O) groups is 3. The predicted molar refractivity (Wildman–Crippen MR) is 90.3 cm³/mol. The zero-order valence-electron chi connectivity index (χ0n) is 13.2. The van der Waals surface area contributed by atoms with E-state index in [4.69, 9.17) is 0 Å². The third-order valence-electron chi connectivity index (χ3n) is 4.01. The lowest BCUT2D eigenvalue weighted by Gasteiger charge is -2.49. The topological polar surface area (TPSA) is 105 Å². The molecule has 0 aliphatic carbocycles. The second-order valence-corrected chi connectivity index (χ2v) is 7.56. The maximum absolute atomic E-state index is 12.5. The van der Waals surface area contributed by atoms with E-state index in [0.29, 0.717) is 27.2 Å². The second kappa shape index (κ2) is 5.92. The number of β-lactam (4-membered cyclic amide) rings is 1. The molecule has 1 aromatic heterocycles. The fraction of sp³-hybridized carbons (Fsp3) is 0.429. The summed E-state index contributed by atoms with van der Waals surface area (Å²) in [6.45, 7) is 3.46. The highest BCUT2D eigenvalue weighted by molar-refractivity contribution is 9.10. The number of aryl methyl sites for hydroxylation is 2. The van der Waals surface area contributed by atoms with E-state index in [9.17, 15) is 19.5 Å². The van der Waals surface area contributed by atoms with Crippen molar-refractivity contribution in [2.24, 2.45) is 7.05 Å². The van der Waals surface area contributed by atoms with Gasteiger partial charge in [0, 0.05) is 12.8 Å². The number of fused-ring (bicyclic) bond motifs is 1. The van der Waals surface area contributed by atoms with Crippen molar-refractivity contribution in [2.45, 2.75) is 25.3 Å². The van der Waals surface area contributed by atoms with E-state index in [1.54, 1.807) is 20.9 Å². The number of nitrogens with one attached hydrogen (secondary N) is 1. The number of rotatable bonds is 3. The molecule has 3 heterocycles. The van der Waals surface area contributed by atoms with Crippen molar-refractivity contribution >= 4 is 45.5 Å². The Morgan fingerprint density at radius 1 is 1.42 bits per heavy atom. The average Bonchev–Trinajstić information content (AvgIpc) is 2.76. The minimum absolute atomic E-state index is 0.0202. The number of aromatic nitrogens is 2. The van der Waals surface area contributed by atoms with Crippen LogP contribution in [-0.4, -0.2) is 54.7 Å². The van der Waals surface area contributed by atoms with E-state index < -0.39 is 29.2 Å². The van der Waals surface area contributed by atoms with Crippen molar-refractivity contribution < 1.29 is 19.5 Å². The monoisotopic (exact) mass is 414 g/mol. The summed E-state index contributed by atoms with van der Waals surface area (Å²) in [5.41, 5.74) is 1.66. The van der Waals surface area contributed by atoms with E-state index >= 15 is 0 Å². The van der Waals surface area contributed by atoms with Gasteiger partial charge in [-0.15, -0.1) is 11.8 Å². The fourth-order valence-electron chi connectivity index (χ4n) is 2.86. The molecule has 2 N–H and O–H groups in total. The lowest BCUT2D eigenvalue weighted by atomic mass is 10.0. The summed E-state index contributed by atoms with van der Waals surface area (Å²) < 4.78 is 2.01. The van der Waals surface area contributed by atoms with Crippen LogP contribution in [0.5, 0.6) is 0 Å². The van der Waals surface area contributed by atoms with Gasteiger partial charge >= 0.3 is 5.97 Å². The number of hydrogen-bond acceptors (Lipinski definition) is 5. The first-order chi connectivity index (χ1) is 11.2. The molecule has 0 aromatic carbocycles. The van der Waals surface area contributed by atoms with Crippen LogP contribution in [0.15, 0.2) is 15.7 Å². The van der Waals surface area contributed by atoms with Gasteiger partial charge in [-0.2, -0.15) is 5.10 Å². The summed E-state index contributed by atoms with van der Waals surface area (Å²) in [6, 6.07) is -0.743. The quantitative estimate of drug-likeness (QED) is 0.710. The molecule has 8 nitrogen and oxygen atoms in total. The molecule has 0 bridgehead atoms. The highest BCUT2D eigenvalue weighted by atomic mass is 79.9. The van der Waals surface area contributed by atoms with Crippen molar-refractivity contribution in [3.63, 3.8) is 0 Å². The summed E-state index contributed by atoms with van der Waals surface area (Å²) in [6.07, 6.45) is 0. The molecular formula is C14H15BrN4O4S. The molecule has 1 fully saturated rings. The SMILES string of the molecule is CC1=C(C(=O)O)N2C(=O)[C@H](NC(=O)c3c(Br)c(C)nn3C)[C@H]2SC1. The highest BCUT2D eigenvalue weighted by Gasteiger charge is 2.53. The van der Waals surface area contributed by atoms with Crippen LogP contribution < -0.4 is 5.32 Å². The smallest absolute Gasteiger partial charge is 0.352 e. The number of amides is 2. The Morgan fingerprint density at radius 2 is 2.08 bits per heavy atom. The van der Waals surface area contributed by atoms with Gasteiger partial charge in [0.2, 0.25) is 0 Å². The van der Waals surface area contributed by atoms with Crippen LogP contribution in [0.2, 0.25) is 0 Å². The van der Waals surface area contributed by atoms with E-state index in [0.717, 1.165) is 0 Å². The van der Waals surface area contributed by atoms with Crippen LogP contribution in [0, 0.1) is 6.92 Å². The minimum Gasteiger partial charge on any atom is -0.477 e. The number of aliphatic carboxylic acids is 1. The number of carbonyl (C=O) groups excluding carboxylic acids is 2. The Bertz CT molecular complexity index is 803. The number of carboxylic acid groups (broad SMARTS) is 1. The maximum atomic E-state index is 12.5. The minimum atomic E-state index is -1.12. The largest absolute Gasteiger partial charge is 0.477 e. The number of halogens is 1. The molecular weight excluding hydrogens is 400 g/mol. The summed E-state index contributed by atoms with van der Waals surface area (Å²) in [5, 5.41) is 15.8. The highest BCUT2D eigenvalue weighted by Crippen LogP contribution is 2.40. The molecule has 2 atom stereocenters. The van der Waals surface area contributed by atoms with Crippen LogP contribution in [0.1, 0.15) is 23.1 Å². The van der Waals surface area contributed by atoms with Gasteiger partial charge in [-0.1, -0.05) is 0 Å². The normalized spacial score (nSPS) is 23.0. The third-order valence-corrected chi connectivity index (χ3v) is 6.39. The summed E-state index contributed by atoms with van der Waals surface area (Å²) in [7, 11) is 1.64. The van der Waals surface area contributed by atoms with Crippen molar-refractivity contribution in [2.75, 3.05) is 5.75 Å². The molecule has 0 saturated carbocycles. The first-order valence-electron chi connectivity index (χ1n) is 7.11. The molecule has 2 aliphatic rings. The van der Waals surface area contributed by atoms with Gasteiger partial charge in [-0.3, -0.25) is 19.2 Å². The molecule has 0 unspecified atom stereocenters. The van der Waals surface area contributed by atoms with Crippen LogP contribution in [0.25, 0.3) is 0 Å². The molecule has 0 spiro atoms. The van der Waals surface area contributed by atoms with E-state index in [-0.39, 0.29) is 5.70 Å². The van der Waals surface area contributed by atoms with Gasteiger partial charge < -0.3 is 10.4 Å². The van der Waals surface area contributed by atoms with Crippen LogP contribution in [0.4, 0.5) is 0 Å². The second-order valence-electron chi connectivity index (χ2n) is 5.67. The lowest BCUT2D eigenvalue weighted by molar-refractivity contribution is -0.148. The van der Waals surface area contributed by atoms with Crippen LogP contribution in [0.3, 0.4) is 0 Å². The third kappa shape index (κ3) is 2.44. The van der Waals surface area contributed by atoms with Gasteiger partial charge in [0.05, 0.1) is 10.2 Å². The van der Waals surface area contributed by atoms with Gasteiger partial charge in [0.1, 0.15) is 22.8 Å². The zero-order chi connectivity index (χ0) is 17.8. The standard InChI is InChI=1S/C14H15BrN4O4S/c1-5-4-24-13-8(12(21)19(13)9(5)14(22)23)16-11(20)10-7(15)6(2)17-18(10)3/h8,13H,4H2,1-3H3,(H,16,20)(H,22,23)/t8-,13+/m0/s1. The molecule has 24 heavy (non-hydrogen) atoms. The van der Waals surface area contributed by atoms with Gasteiger partial charge in [0.25, 0.3) is 11.8 Å². The number of carboxylic acids is 1. The molecule has 10 heteroatoms. The van der Waals surface area contributed by atoms with Gasteiger partial charge in [-0.05, 0) is 35.4 Å². The summed E-state index contributed by atoms with van der Waals surface area (Å²) >= 11 is 4.76. The van der Waals surface area contributed by atoms with Gasteiger partial charge in [0.15, 0.2) is 0 Å². The van der Waals surface area contributed by atoms with E-state index in [1.165, 1.54) is 21.3 Å². The average molecular weight is 415 g/mol. The van der Waals surface area contributed by atoms with E-state index in [1.807, 2.05) is 0 Å². The van der Waals surface area contributed by atoms with Crippen LogP contribution in [-0.2, 0) is 16.6 Å². The number of hydrogen-bond donors (Lipinski definition) is 2. The van der Waals surface area contributed by atoms with Crippen molar-refractivity contribution in [3.05, 3.63) is 27.1 Å². The molecule has 3 rings (SSSR count). The van der Waals surface area contributed by atoms with Crippen molar-refractivity contribution in [1.82, 2.24) is 20.0 Å². The summed E-state index contributed by atoms with van der Waals surface area (Å²) in [4.78, 5) is 37.5. The molecule has 2 aliphatic heterocycles. The number of nitrogens with zero attached hydrogens (tertiary/aromatic N) is 3. The number of thioether (sulfide) groups is 1. The molecule has 1 aromatic rings.